The van der Waals surface area contributed by atoms with Gasteiger partial charge in [-0.2, -0.15) is 5.10 Å². The van der Waals surface area contributed by atoms with E-state index in [2.05, 4.69) is 10.4 Å². The Bertz CT molecular complexity index is 1420. The van der Waals surface area contributed by atoms with Gasteiger partial charge in [-0.05, 0) is 43.3 Å². The summed E-state index contributed by atoms with van der Waals surface area (Å²) in [5.41, 5.74) is 1.75. The lowest BCUT2D eigenvalue weighted by atomic mass is 9.93. The minimum Gasteiger partial charge on any atom is -0.496 e. The second-order valence-electron chi connectivity index (χ2n) is 8.82. The van der Waals surface area contributed by atoms with E-state index in [0.717, 1.165) is 11.1 Å². The molecule has 8 heteroatoms. The first-order valence-electron chi connectivity index (χ1n) is 11.5. The summed E-state index contributed by atoms with van der Waals surface area (Å²) in [4.78, 5) is 29.0. The van der Waals surface area contributed by atoms with Crippen LogP contribution in [0.3, 0.4) is 0 Å². The zero-order valence-corrected chi connectivity index (χ0v) is 19.9. The number of methoxy groups -OCH3 is 1. The first kappa shape index (κ1) is 23.3. The lowest BCUT2D eigenvalue weighted by molar-refractivity contribution is -0.126. The van der Waals surface area contributed by atoms with E-state index in [1.807, 2.05) is 54.6 Å². The third-order valence-electron chi connectivity index (χ3n) is 6.43. The number of halogens is 1. The van der Waals surface area contributed by atoms with Crippen LogP contribution in [0.25, 0.3) is 11.3 Å². The number of para-hydroxylation sites is 1. The first-order valence-corrected chi connectivity index (χ1v) is 11.5. The number of carbonyl (C=O) groups is 2. The number of hydrogen-bond acceptors (Lipinski definition) is 4. The molecule has 0 unspecified atom stereocenters. The monoisotopic (exact) mass is 484 g/mol. The van der Waals surface area contributed by atoms with Gasteiger partial charge in [0.15, 0.2) is 0 Å². The highest BCUT2D eigenvalue weighted by atomic mass is 19.1. The fraction of sp³-hybridized carbons (Fsp3) is 0.179. The molecule has 0 saturated heterocycles. The van der Waals surface area contributed by atoms with Gasteiger partial charge in [0, 0.05) is 23.4 Å². The third kappa shape index (κ3) is 4.11. The van der Waals surface area contributed by atoms with Crippen LogP contribution in [0.2, 0.25) is 0 Å². The summed E-state index contributed by atoms with van der Waals surface area (Å²) in [6, 6.07) is 24.2. The summed E-state index contributed by atoms with van der Waals surface area (Å²) in [7, 11) is 1.57. The van der Waals surface area contributed by atoms with E-state index in [-0.39, 0.29) is 19.0 Å². The van der Waals surface area contributed by atoms with Crippen molar-refractivity contribution in [2.24, 2.45) is 0 Å². The Morgan fingerprint density at radius 1 is 1.06 bits per heavy atom. The summed E-state index contributed by atoms with van der Waals surface area (Å²) >= 11 is 0. The predicted octanol–water partition coefficient (Wildman–Crippen LogP) is 4.43. The molecule has 1 aliphatic heterocycles. The minimum absolute atomic E-state index is 0.121. The van der Waals surface area contributed by atoms with Crippen LogP contribution in [-0.2, 0) is 17.9 Å². The van der Waals surface area contributed by atoms with Gasteiger partial charge < -0.3 is 10.1 Å². The normalized spacial score (nSPS) is 17.0. The van der Waals surface area contributed by atoms with Gasteiger partial charge in [0.25, 0.3) is 5.91 Å². The molecule has 5 rings (SSSR count). The second-order valence-corrected chi connectivity index (χ2v) is 8.82. The Morgan fingerprint density at radius 3 is 2.47 bits per heavy atom. The molecule has 36 heavy (non-hydrogen) atoms. The summed E-state index contributed by atoms with van der Waals surface area (Å²) in [6.45, 7) is 2.03. The largest absolute Gasteiger partial charge is 0.496 e. The van der Waals surface area contributed by atoms with Crippen LogP contribution in [0.1, 0.15) is 23.0 Å². The molecule has 1 aromatic heterocycles. The van der Waals surface area contributed by atoms with E-state index in [1.165, 1.54) is 29.2 Å². The van der Waals surface area contributed by atoms with Crippen molar-refractivity contribution in [3.8, 4) is 17.0 Å². The van der Waals surface area contributed by atoms with Gasteiger partial charge >= 0.3 is 0 Å². The molecule has 3 aromatic carbocycles. The molecule has 4 aromatic rings. The Hall–Kier alpha value is -4.46. The number of hydrogen-bond donors (Lipinski definition) is 1. The fourth-order valence-electron chi connectivity index (χ4n) is 4.54. The summed E-state index contributed by atoms with van der Waals surface area (Å²) in [5, 5.41) is 7.60. The van der Waals surface area contributed by atoms with Crippen LogP contribution in [-0.4, -0.2) is 34.2 Å². The third-order valence-corrected chi connectivity index (χ3v) is 6.43. The van der Waals surface area contributed by atoms with Crippen LogP contribution in [0.5, 0.6) is 5.75 Å². The molecule has 0 aliphatic carbocycles. The Morgan fingerprint density at radius 2 is 1.75 bits per heavy atom. The van der Waals surface area contributed by atoms with E-state index in [4.69, 9.17) is 4.74 Å². The van der Waals surface area contributed by atoms with E-state index in [0.29, 0.717) is 22.8 Å². The molecule has 1 aliphatic rings. The molecule has 0 fully saturated rings. The molecule has 7 nitrogen and oxygen atoms in total. The molecule has 0 radical (unpaired) electrons. The predicted molar refractivity (Wildman–Crippen MR) is 134 cm³/mol. The van der Waals surface area contributed by atoms with Crippen molar-refractivity contribution >= 4 is 17.5 Å². The van der Waals surface area contributed by atoms with E-state index < -0.39 is 17.3 Å². The average molecular weight is 485 g/mol. The topological polar surface area (TPSA) is 76.5 Å². The maximum absolute atomic E-state index is 13.8. The van der Waals surface area contributed by atoms with Crippen molar-refractivity contribution in [1.82, 2.24) is 15.1 Å². The molecule has 0 saturated carbocycles. The number of carbonyl (C=O) groups excluding carboxylic acids is 2. The van der Waals surface area contributed by atoms with Crippen LogP contribution >= 0.6 is 0 Å². The number of nitrogens with one attached hydrogen (secondary N) is 1. The SMILES string of the molecule is COc1ccccc1CNC(=O)[C@]1(C)Cn2nc(-c3ccccc3)cc2C(=O)N1c1ccc(F)cc1. The van der Waals surface area contributed by atoms with Crippen LogP contribution < -0.4 is 15.0 Å². The molecule has 1 atom stereocenters. The molecule has 2 amide bonds. The average Bonchev–Trinajstić information content (AvgIpc) is 3.33. The number of rotatable bonds is 6. The van der Waals surface area contributed by atoms with Crippen molar-refractivity contribution in [2.75, 3.05) is 12.0 Å². The Labute approximate surface area is 208 Å². The van der Waals surface area contributed by atoms with Crippen LogP contribution in [0.15, 0.2) is 84.9 Å². The quantitative estimate of drug-likeness (QED) is 0.439. The zero-order valence-electron chi connectivity index (χ0n) is 19.9. The van der Waals surface area contributed by atoms with Crippen molar-refractivity contribution in [3.63, 3.8) is 0 Å². The van der Waals surface area contributed by atoms with E-state index in [9.17, 15) is 14.0 Å². The number of ether oxygens (including phenoxy) is 1. The van der Waals surface area contributed by atoms with Gasteiger partial charge in [-0.3, -0.25) is 19.2 Å². The zero-order chi connectivity index (χ0) is 25.3. The highest BCUT2D eigenvalue weighted by Crippen LogP contribution is 2.34. The molecule has 1 N–H and O–H groups in total. The highest BCUT2D eigenvalue weighted by Gasteiger charge is 2.48. The lowest BCUT2D eigenvalue weighted by Gasteiger charge is -2.43. The maximum atomic E-state index is 13.8. The van der Waals surface area contributed by atoms with Crippen molar-refractivity contribution < 1.29 is 18.7 Å². The number of aromatic nitrogens is 2. The Balaban J connectivity index is 1.53. The van der Waals surface area contributed by atoms with Gasteiger partial charge in [-0.1, -0.05) is 48.5 Å². The fourth-order valence-corrected chi connectivity index (χ4v) is 4.54. The van der Waals surface area contributed by atoms with Crippen LogP contribution in [0, 0.1) is 5.82 Å². The maximum Gasteiger partial charge on any atom is 0.277 e. The number of anilines is 1. The molecule has 0 spiro atoms. The van der Waals surface area contributed by atoms with E-state index in [1.54, 1.807) is 24.8 Å². The molecule has 182 valence electrons. The van der Waals surface area contributed by atoms with Crippen molar-refractivity contribution in [3.05, 3.63) is 102 Å². The summed E-state index contributed by atoms with van der Waals surface area (Å²) in [6.07, 6.45) is 0. The minimum atomic E-state index is -1.33. The molecular weight excluding hydrogens is 459 g/mol. The van der Waals surface area contributed by atoms with Gasteiger partial charge in [-0.25, -0.2) is 4.39 Å². The number of amides is 2. The van der Waals surface area contributed by atoms with Crippen LogP contribution in [0.4, 0.5) is 10.1 Å². The first-order chi connectivity index (χ1) is 17.4. The summed E-state index contributed by atoms with van der Waals surface area (Å²) < 4.78 is 20.7. The van der Waals surface area contributed by atoms with Gasteiger partial charge in [0.1, 0.15) is 22.8 Å². The molecular formula is C28H25FN4O3. The number of fused-ring (bicyclic) bond motifs is 1. The molecule has 2 heterocycles. The molecule has 0 bridgehead atoms. The van der Waals surface area contributed by atoms with Crippen molar-refractivity contribution in [1.29, 1.82) is 0 Å². The lowest BCUT2D eigenvalue weighted by Crippen LogP contribution is -2.64. The number of benzene rings is 3. The van der Waals surface area contributed by atoms with Gasteiger partial charge in [0.05, 0.1) is 19.3 Å². The van der Waals surface area contributed by atoms with Gasteiger partial charge in [-0.15, -0.1) is 0 Å². The summed E-state index contributed by atoms with van der Waals surface area (Å²) in [5.74, 6) is -0.534. The Kier molecular flexibility index (Phi) is 6.01. The smallest absolute Gasteiger partial charge is 0.277 e. The number of nitrogens with zero attached hydrogens (tertiary/aromatic N) is 3. The highest BCUT2D eigenvalue weighted by molar-refractivity contribution is 6.12. The van der Waals surface area contributed by atoms with E-state index >= 15 is 0 Å². The van der Waals surface area contributed by atoms with Gasteiger partial charge in [0.2, 0.25) is 5.91 Å². The standard InChI is InChI=1S/C28H25FN4O3/c1-28(27(35)30-17-20-10-6-7-11-25(20)36-2)18-32-24(16-23(31-32)19-8-4-3-5-9-19)26(34)33(28)22-14-12-21(29)13-15-22/h3-16H,17-18H2,1-2H3,(H,30,35)/t28-/m0/s1. The van der Waals surface area contributed by atoms with Crippen molar-refractivity contribution in [2.45, 2.75) is 25.6 Å². The second kappa shape index (κ2) is 9.30.